The zero-order chi connectivity index (χ0) is 52.5. The molecule has 2 aliphatic carbocycles. The van der Waals surface area contributed by atoms with Crippen LogP contribution in [-0.2, 0) is 10.8 Å². The zero-order valence-corrected chi connectivity index (χ0v) is 43.8. The maximum absolute atomic E-state index is 2.52. The molecule has 13 aromatic carbocycles. The second-order valence-electron chi connectivity index (χ2n) is 21.9. The third-order valence-corrected chi connectivity index (χ3v) is 18.0. The van der Waals surface area contributed by atoms with Crippen LogP contribution in [0, 0.1) is 0 Å². The molecule has 0 N–H and O–H groups in total. The zero-order valence-electron chi connectivity index (χ0n) is 43.8. The second-order valence-corrected chi connectivity index (χ2v) is 21.9. The van der Waals surface area contributed by atoms with Crippen molar-refractivity contribution in [3.05, 3.63) is 348 Å². The Kier molecular flexibility index (Phi) is 9.58. The minimum Gasteiger partial charge on any atom is -0.310 e. The summed E-state index contributed by atoms with van der Waals surface area (Å²) >= 11 is 0. The summed E-state index contributed by atoms with van der Waals surface area (Å²) in [5.41, 5.74) is 26.3. The summed E-state index contributed by atoms with van der Waals surface area (Å²) in [5.74, 6) is 0. The van der Waals surface area contributed by atoms with Crippen molar-refractivity contribution in [1.29, 1.82) is 0 Å². The molecular formula is C78H50N2. The lowest BCUT2D eigenvalue weighted by molar-refractivity contribution is 0.749. The van der Waals surface area contributed by atoms with Crippen molar-refractivity contribution in [2.24, 2.45) is 0 Å². The van der Waals surface area contributed by atoms with Gasteiger partial charge in [-0.1, -0.05) is 243 Å². The van der Waals surface area contributed by atoms with E-state index in [2.05, 4.69) is 313 Å². The molecule has 0 saturated carbocycles. The Morgan fingerprint density at radius 1 is 0.263 bits per heavy atom. The molecule has 0 bridgehead atoms. The molecule has 0 saturated heterocycles. The van der Waals surface area contributed by atoms with E-state index in [1.54, 1.807) is 0 Å². The summed E-state index contributed by atoms with van der Waals surface area (Å²) in [4.78, 5) is 2.45. The van der Waals surface area contributed by atoms with Crippen molar-refractivity contribution >= 4 is 49.6 Å². The molecule has 1 spiro atoms. The van der Waals surface area contributed by atoms with E-state index in [1.165, 1.54) is 127 Å². The van der Waals surface area contributed by atoms with Crippen molar-refractivity contribution in [3.8, 4) is 50.2 Å². The van der Waals surface area contributed by atoms with Gasteiger partial charge < -0.3 is 9.47 Å². The lowest BCUT2D eigenvalue weighted by Crippen LogP contribution is -2.33. The number of aromatic nitrogens is 1. The fourth-order valence-corrected chi connectivity index (χ4v) is 14.7. The van der Waals surface area contributed by atoms with Gasteiger partial charge in [0.15, 0.2) is 0 Å². The number of rotatable bonds is 7. The lowest BCUT2D eigenvalue weighted by atomic mass is 9.65. The standard InChI is InChI=1S/C78H50N2/c1-4-19-51(20-5-1)52-37-41-59(42-38-52)79(61-44-46-65-62-25-10-13-29-68(62)77(73(65)50-61,57-21-6-2-7-22-57)58-23-8-3-9-24-58)60-43-39-54-47-53(35-36-55(54)48-60)56-40-45-64-63-26-11-14-30-69(63)78(72(64)49-56)70-31-15-17-34-75(70)80-74-33-16-12-27-66(74)67-28-18-32-71(78)76(67)80/h1-50H. The fourth-order valence-electron chi connectivity index (χ4n) is 14.7. The molecule has 0 radical (unpaired) electrons. The highest BCUT2D eigenvalue weighted by Gasteiger charge is 2.51. The highest BCUT2D eigenvalue weighted by Crippen LogP contribution is 2.62. The summed E-state index contributed by atoms with van der Waals surface area (Å²) in [5, 5.41) is 4.95. The molecule has 14 aromatic rings. The van der Waals surface area contributed by atoms with Crippen molar-refractivity contribution in [1.82, 2.24) is 4.57 Å². The highest BCUT2D eigenvalue weighted by molar-refractivity contribution is 6.13. The van der Waals surface area contributed by atoms with Gasteiger partial charge in [-0.05, 0) is 160 Å². The van der Waals surface area contributed by atoms with Crippen molar-refractivity contribution in [3.63, 3.8) is 0 Å². The number of nitrogens with zero attached hydrogens (tertiary/aromatic N) is 2. The Hall–Kier alpha value is -10.3. The van der Waals surface area contributed by atoms with Gasteiger partial charge >= 0.3 is 0 Å². The lowest BCUT2D eigenvalue weighted by Gasteiger charge is -2.39. The predicted octanol–water partition coefficient (Wildman–Crippen LogP) is 19.8. The van der Waals surface area contributed by atoms with Crippen molar-refractivity contribution in [2.75, 3.05) is 4.90 Å². The molecule has 80 heavy (non-hydrogen) atoms. The Balaban J connectivity index is 0.823. The summed E-state index contributed by atoms with van der Waals surface area (Å²) < 4.78 is 2.52. The molecule has 1 aliphatic heterocycles. The maximum atomic E-state index is 2.52. The van der Waals surface area contributed by atoms with E-state index in [0.29, 0.717) is 0 Å². The number of benzene rings is 13. The number of hydrogen-bond acceptors (Lipinski definition) is 1. The second kappa shape index (κ2) is 17.1. The van der Waals surface area contributed by atoms with E-state index in [-0.39, 0.29) is 0 Å². The molecule has 1 aromatic heterocycles. The van der Waals surface area contributed by atoms with E-state index in [4.69, 9.17) is 0 Å². The Labute approximate surface area is 465 Å². The summed E-state index contributed by atoms with van der Waals surface area (Å²) in [6.07, 6.45) is 0. The van der Waals surface area contributed by atoms with Crippen LogP contribution in [0.3, 0.4) is 0 Å². The topological polar surface area (TPSA) is 8.17 Å². The first-order valence-electron chi connectivity index (χ1n) is 27.9. The van der Waals surface area contributed by atoms with Gasteiger partial charge in [0, 0.05) is 27.8 Å². The molecule has 2 heterocycles. The van der Waals surface area contributed by atoms with E-state index >= 15 is 0 Å². The van der Waals surface area contributed by atoms with Gasteiger partial charge in [0.1, 0.15) is 0 Å². The van der Waals surface area contributed by atoms with Crippen LogP contribution in [0.25, 0.3) is 82.8 Å². The van der Waals surface area contributed by atoms with E-state index in [0.717, 1.165) is 17.1 Å². The largest absolute Gasteiger partial charge is 0.310 e. The Bertz CT molecular complexity index is 4780. The molecule has 2 heteroatoms. The maximum Gasteiger partial charge on any atom is 0.0754 e. The first-order chi connectivity index (χ1) is 39.7. The van der Waals surface area contributed by atoms with Crippen LogP contribution in [0.2, 0.25) is 0 Å². The van der Waals surface area contributed by atoms with Crippen LogP contribution in [0.15, 0.2) is 303 Å². The van der Waals surface area contributed by atoms with Crippen LogP contribution < -0.4 is 4.90 Å². The van der Waals surface area contributed by atoms with Gasteiger partial charge in [0.2, 0.25) is 0 Å². The van der Waals surface area contributed by atoms with E-state index in [9.17, 15) is 0 Å². The predicted molar refractivity (Wildman–Crippen MR) is 332 cm³/mol. The Morgan fingerprint density at radius 2 is 0.738 bits per heavy atom. The summed E-state index contributed by atoms with van der Waals surface area (Å²) in [7, 11) is 0. The molecule has 2 nitrogen and oxygen atoms in total. The first-order valence-corrected chi connectivity index (χ1v) is 27.9. The van der Waals surface area contributed by atoms with Gasteiger partial charge in [-0.2, -0.15) is 0 Å². The quantitative estimate of drug-likeness (QED) is 0.154. The van der Waals surface area contributed by atoms with Crippen LogP contribution in [-0.4, -0.2) is 4.57 Å². The molecule has 0 fully saturated rings. The SMILES string of the molecule is c1ccc(-c2ccc(N(c3ccc4c(c3)C(c3ccccc3)(c3ccccc3)c3ccccc3-4)c3ccc4cc(-c5ccc6c(c5)C5(c7ccccc7-6)c6ccccc6-n6c7ccccc7c7cccc5c76)ccc4c3)cc2)cc1. The van der Waals surface area contributed by atoms with Gasteiger partial charge in [0.25, 0.3) is 0 Å². The number of anilines is 3. The number of fused-ring (bicyclic) bond motifs is 16. The Morgan fingerprint density at radius 3 is 1.49 bits per heavy atom. The average molecular weight is 1020 g/mol. The molecule has 1 atom stereocenters. The van der Waals surface area contributed by atoms with Gasteiger partial charge in [-0.25, -0.2) is 0 Å². The first kappa shape index (κ1) is 44.8. The third kappa shape index (κ3) is 6.13. The van der Waals surface area contributed by atoms with Gasteiger partial charge in [-0.15, -0.1) is 0 Å². The molecule has 0 amide bonds. The van der Waals surface area contributed by atoms with Crippen LogP contribution in [0.4, 0.5) is 17.1 Å². The van der Waals surface area contributed by atoms with Gasteiger partial charge in [-0.3, -0.25) is 0 Å². The average Bonchev–Trinajstić information content (AvgIpc) is 4.35. The van der Waals surface area contributed by atoms with Crippen molar-refractivity contribution in [2.45, 2.75) is 10.8 Å². The molecule has 1 unspecified atom stereocenters. The fraction of sp³-hybridized carbons (Fsp3) is 0.0256. The minimum atomic E-state index is -0.527. The third-order valence-electron chi connectivity index (χ3n) is 18.0. The van der Waals surface area contributed by atoms with E-state index in [1.807, 2.05) is 0 Å². The monoisotopic (exact) mass is 1010 g/mol. The minimum absolute atomic E-state index is 0.515. The highest BCUT2D eigenvalue weighted by atomic mass is 15.1. The van der Waals surface area contributed by atoms with Crippen molar-refractivity contribution < 1.29 is 0 Å². The molecule has 17 rings (SSSR count). The summed E-state index contributed by atoms with van der Waals surface area (Å²) in [6, 6.07) is 114. The van der Waals surface area contributed by atoms with Crippen LogP contribution in [0.1, 0.15) is 44.5 Å². The van der Waals surface area contributed by atoms with Gasteiger partial charge in [0.05, 0.1) is 27.6 Å². The smallest absolute Gasteiger partial charge is 0.0754 e. The molecule has 3 aliphatic rings. The number of para-hydroxylation sites is 3. The van der Waals surface area contributed by atoms with E-state index < -0.39 is 10.8 Å². The van der Waals surface area contributed by atoms with Crippen LogP contribution in [0.5, 0.6) is 0 Å². The normalized spacial score (nSPS) is 14.9. The molecule has 372 valence electrons. The summed E-state index contributed by atoms with van der Waals surface area (Å²) in [6.45, 7) is 0. The molecular weight excluding hydrogens is 965 g/mol. The number of hydrogen-bond donors (Lipinski definition) is 0. The van der Waals surface area contributed by atoms with Crippen LogP contribution >= 0.6 is 0 Å².